The number of rotatable bonds is 5. The number of alkyl halides is 1. The van der Waals surface area contributed by atoms with Crippen LogP contribution in [0.5, 0.6) is 0 Å². The Bertz CT molecular complexity index is 376. The van der Waals surface area contributed by atoms with Gasteiger partial charge in [0, 0.05) is 16.4 Å². The Morgan fingerprint density at radius 3 is 2.59 bits per heavy atom. The standard InChI is InChI=1S/C14H20BrNO/c1-4-12-7-5-6-8-13(12)14(17)16-11(3)9-10(2)15/h5-8,10-11H,4,9H2,1-3H3,(H,16,17). The van der Waals surface area contributed by atoms with Crippen molar-refractivity contribution < 1.29 is 4.79 Å². The lowest BCUT2D eigenvalue weighted by Crippen LogP contribution is -2.34. The van der Waals surface area contributed by atoms with E-state index < -0.39 is 0 Å². The zero-order chi connectivity index (χ0) is 12.8. The van der Waals surface area contributed by atoms with Gasteiger partial charge >= 0.3 is 0 Å². The zero-order valence-electron chi connectivity index (χ0n) is 10.7. The van der Waals surface area contributed by atoms with Gasteiger partial charge in [0.25, 0.3) is 5.91 Å². The fraction of sp³-hybridized carbons (Fsp3) is 0.500. The van der Waals surface area contributed by atoms with Crippen LogP contribution in [0.25, 0.3) is 0 Å². The highest BCUT2D eigenvalue weighted by atomic mass is 79.9. The van der Waals surface area contributed by atoms with Crippen LogP contribution in [0.2, 0.25) is 0 Å². The molecule has 0 heterocycles. The predicted octanol–water partition coefficient (Wildman–Crippen LogP) is 3.54. The maximum atomic E-state index is 12.1. The summed E-state index contributed by atoms with van der Waals surface area (Å²) in [7, 11) is 0. The van der Waals surface area contributed by atoms with E-state index in [4.69, 9.17) is 0 Å². The first kappa shape index (κ1) is 14.2. The fourth-order valence-electron chi connectivity index (χ4n) is 1.90. The van der Waals surface area contributed by atoms with Crippen molar-refractivity contribution in [3.05, 3.63) is 35.4 Å². The summed E-state index contributed by atoms with van der Waals surface area (Å²) in [5.74, 6) is 0.0306. The van der Waals surface area contributed by atoms with E-state index in [2.05, 4.69) is 35.1 Å². The van der Waals surface area contributed by atoms with Crippen molar-refractivity contribution in [3.63, 3.8) is 0 Å². The van der Waals surface area contributed by atoms with Gasteiger partial charge in [-0.25, -0.2) is 0 Å². The van der Waals surface area contributed by atoms with Crippen LogP contribution in [0.3, 0.4) is 0 Å². The first-order valence-corrected chi connectivity index (χ1v) is 6.99. The highest BCUT2D eigenvalue weighted by Crippen LogP contribution is 2.11. The van der Waals surface area contributed by atoms with Crippen molar-refractivity contribution in [3.8, 4) is 0 Å². The topological polar surface area (TPSA) is 29.1 Å². The molecule has 0 bridgehead atoms. The Hall–Kier alpha value is -0.830. The molecule has 0 fully saturated rings. The highest BCUT2D eigenvalue weighted by Gasteiger charge is 2.13. The monoisotopic (exact) mass is 297 g/mol. The van der Waals surface area contributed by atoms with Crippen molar-refractivity contribution in [1.82, 2.24) is 5.32 Å². The Morgan fingerprint density at radius 1 is 1.35 bits per heavy atom. The van der Waals surface area contributed by atoms with Crippen molar-refractivity contribution in [1.29, 1.82) is 0 Å². The van der Waals surface area contributed by atoms with Crippen LogP contribution >= 0.6 is 15.9 Å². The van der Waals surface area contributed by atoms with Gasteiger partial charge in [0.1, 0.15) is 0 Å². The molecule has 1 aromatic rings. The number of halogens is 1. The molecule has 17 heavy (non-hydrogen) atoms. The largest absolute Gasteiger partial charge is 0.350 e. The van der Waals surface area contributed by atoms with Gasteiger partial charge in [0.2, 0.25) is 0 Å². The molecule has 0 aromatic heterocycles. The number of aryl methyl sites for hydroxylation is 1. The van der Waals surface area contributed by atoms with Gasteiger partial charge in [-0.15, -0.1) is 0 Å². The number of hydrogen-bond donors (Lipinski definition) is 1. The molecule has 1 N–H and O–H groups in total. The van der Waals surface area contributed by atoms with E-state index in [0.717, 1.165) is 24.0 Å². The average molecular weight is 298 g/mol. The molecule has 2 atom stereocenters. The summed E-state index contributed by atoms with van der Waals surface area (Å²) in [6, 6.07) is 7.96. The maximum Gasteiger partial charge on any atom is 0.251 e. The van der Waals surface area contributed by atoms with Crippen LogP contribution in [0.15, 0.2) is 24.3 Å². The fourth-order valence-corrected chi connectivity index (χ4v) is 2.46. The van der Waals surface area contributed by atoms with E-state index in [1.165, 1.54) is 0 Å². The molecule has 0 saturated heterocycles. The van der Waals surface area contributed by atoms with Crippen molar-refractivity contribution in [2.75, 3.05) is 0 Å². The summed E-state index contributed by atoms with van der Waals surface area (Å²) < 4.78 is 0. The van der Waals surface area contributed by atoms with Crippen LogP contribution in [0.1, 0.15) is 43.1 Å². The van der Waals surface area contributed by atoms with E-state index in [9.17, 15) is 4.79 Å². The van der Waals surface area contributed by atoms with Gasteiger partial charge in [-0.05, 0) is 31.4 Å². The molecule has 2 unspecified atom stereocenters. The molecular formula is C14H20BrNO. The Morgan fingerprint density at radius 2 is 2.00 bits per heavy atom. The van der Waals surface area contributed by atoms with Gasteiger partial charge in [0.05, 0.1) is 0 Å². The first-order valence-electron chi connectivity index (χ1n) is 6.07. The third-order valence-corrected chi connectivity index (χ3v) is 3.07. The Kier molecular flexibility index (Phi) is 5.69. The van der Waals surface area contributed by atoms with Crippen LogP contribution in [-0.4, -0.2) is 16.8 Å². The number of benzene rings is 1. The number of carbonyl (C=O) groups excluding carboxylic acids is 1. The maximum absolute atomic E-state index is 12.1. The summed E-state index contributed by atoms with van der Waals surface area (Å²) in [6.07, 6.45) is 1.81. The van der Waals surface area contributed by atoms with E-state index in [0.29, 0.717) is 4.83 Å². The molecule has 94 valence electrons. The van der Waals surface area contributed by atoms with Gasteiger partial charge < -0.3 is 5.32 Å². The zero-order valence-corrected chi connectivity index (χ0v) is 12.3. The van der Waals surface area contributed by atoms with Gasteiger partial charge in [-0.2, -0.15) is 0 Å². The Balaban J connectivity index is 2.69. The molecule has 2 nitrogen and oxygen atoms in total. The molecule has 1 amide bonds. The smallest absolute Gasteiger partial charge is 0.251 e. The van der Waals surface area contributed by atoms with E-state index in [1.807, 2.05) is 31.2 Å². The molecular weight excluding hydrogens is 278 g/mol. The van der Waals surface area contributed by atoms with Crippen LogP contribution in [0.4, 0.5) is 0 Å². The summed E-state index contributed by atoms with van der Waals surface area (Å²) in [6.45, 7) is 6.18. The van der Waals surface area contributed by atoms with E-state index >= 15 is 0 Å². The van der Waals surface area contributed by atoms with Gasteiger partial charge in [-0.1, -0.05) is 48.0 Å². The lowest BCUT2D eigenvalue weighted by Gasteiger charge is -2.16. The van der Waals surface area contributed by atoms with Crippen molar-refractivity contribution in [2.45, 2.75) is 44.5 Å². The number of amides is 1. The predicted molar refractivity (Wildman–Crippen MR) is 75.8 cm³/mol. The van der Waals surface area contributed by atoms with Crippen molar-refractivity contribution in [2.24, 2.45) is 0 Å². The molecule has 1 aromatic carbocycles. The minimum absolute atomic E-state index is 0.0306. The van der Waals surface area contributed by atoms with Crippen LogP contribution in [0, 0.1) is 0 Å². The summed E-state index contributed by atoms with van der Waals surface area (Å²) in [4.78, 5) is 12.5. The second kappa shape index (κ2) is 6.80. The van der Waals surface area contributed by atoms with E-state index in [-0.39, 0.29) is 11.9 Å². The average Bonchev–Trinajstić information content (AvgIpc) is 2.27. The van der Waals surface area contributed by atoms with E-state index in [1.54, 1.807) is 0 Å². The molecule has 0 aliphatic carbocycles. The quantitative estimate of drug-likeness (QED) is 0.828. The molecule has 0 aliphatic heterocycles. The minimum Gasteiger partial charge on any atom is -0.350 e. The SMILES string of the molecule is CCc1ccccc1C(=O)NC(C)CC(C)Br. The number of hydrogen-bond acceptors (Lipinski definition) is 1. The number of carbonyl (C=O) groups is 1. The molecule has 3 heteroatoms. The first-order chi connectivity index (χ1) is 8.04. The summed E-state index contributed by atoms with van der Waals surface area (Å²) >= 11 is 3.50. The second-order valence-corrected chi connectivity index (χ2v) is 5.96. The summed E-state index contributed by atoms with van der Waals surface area (Å²) in [5, 5.41) is 3.03. The van der Waals surface area contributed by atoms with Gasteiger partial charge in [0.15, 0.2) is 0 Å². The Labute approximate surface area is 112 Å². The normalized spacial score (nSPS) is 14.1. The third-order valence-electron chi connectivity index (χ3n) is 2.70. The lowest BCUT2D eigenvalue weighted by molar-refractivity contribution is 0.0938. The van der Waals surface area contributed by atoms with Crippen molar-refractivity contribution >= 4 is 21.8 Å². The van der Waals surface area contributed by atoms with Gasteiger partial charge in [-0.3, -0.25) is 4.79 Å². The van der Waals surface area contributed by atoms with Crippen LogP contribution in [-0.2, 0) is 6.42 Å². The second-order valence-electron chi connectivity index (χ2n) is 4.40. The number of nitrogens with one attached hydrogen (secondary N) is 1. The summed E-state index contributed by atoms with van der Waals surface area (Å²) in [5.41, 5.74) is 1.90. The highest BCUT2D eigenvalue weighted by molar-refractivity contribution is 9.09. The molecule has 1 rings (SSSR count). The molecule has 0 aliphatic rings. The third kappa shape index (κ3) is 4.50. The minimum atomic E-state index is 0.0306. The molecule has 0 spiro atoms. The molecule has 0 saturated carbocycles. The van der Waals surface area contributed by atoms with Crippen LogP contribution < -0.4 is 5.32 Å². The molecule has 0 radical (unpaired) electrons. The lowest BCUT2D eigenvalue weighted by atomic mass is 10.0.